The maximum absolute atomic E-state index is 12.2. The van der Waals surface area contributed by atoms with Crippen LogP contribution in [-0.4, -0.2) is 24.1 Å². The Bertz CT molecular complexity index is 913. The highest BCUT2D eigenvalue weighted by molar-refractivity contribution is 6.07. The van der Waals surface area contributed by atoms with Crippen molar-refractivity contribution in [1.82, 2.24) is 0 Å². The third-order valence-corrected chi connectivity index (χ3v) is 3.49. The summed E-state index contributed by atoms with van der Waals surface area (Å²) >= 11 is 0. The van der Waals surface area contributed by atoms with Crippen LogP contribution < -0.4 is 10.6 Å². The Hall–Kier alpha value is -3.79. The average Bonchev–Trinajstić information content (AvgIpc) is 2.64. The van der Waals surface area contributed by atoms with E-state index >= 15 is 0 Å². The lowest BCUT2D eigenvalue weighted by Crippen LogP contribution is -2.15. The molecule has 0 aliphatic carbocycles. The molecule has 0 unspecified atom stereocenters. The summed E-state index contributed by atoms with van der Waals surface area (Å²) in [4.78, 5) is 23.8. The summed E-state index contributed by atoms with van der Waals surface area (Å²) in [5.74, 6) is -1.000. The quantitative estimate of drug-likeness (QED) is 0.330. The molecular formula is C19H17N3O4. The fourth-order valence-corrected chi connectivity index (χ4v) is 2.14. The lowest BCUT2D eigenvalue weighted by atomic mass is 10.1. The lowest BCUT2D eigenvalue weighted by Gasteiger charge is -2.08. The number of phenolic OH excluding ortho intramolecular Hbond substituents is 1. The Labute approximate surface area is 150 Å². The van der Waals surface area contributed by atoms with Gasteiger partial charge in [0.15, 0.2) is 0 Å². The van der Waals surface area contributed by atoms with Gasteiger partial charge in [-0.1, -0.05) is 6.07 Å². The number of aryl methyl sites for hydroxylation is 1. The summed E-state index contributed by atoms with van der Waals surface area (Å²) in [5, 5.41) is 24.0. The van der Waals surface area contributed by atoms with E-state index in [2.05, 4.69) is 15.4 Å². The Kier molecular flexibility index (Phi) is 5.96. The number of nitrogens with zero attached hydrogens (tertiary/aromatic N) is 1. The van der Waals surface area contributed by atoms with Crippen LogP contribution in [-0.2, 0) is 9.53 Å². The number of hydrogen-bond acceptors (Lipinski definition) is 6. The number of anilines is 2. The SMILES string of the molecule is COC(=O)c1cccc(N/C=C(/C#N)C(=O)Nc2ccc(O)cc2C)c1. The number of nitrogens with one attached hydrogen (secondary N) is 2. The molecule has 0 saturated heterocycles. The van der Waals surface area contributed by atoms with Gasteiger partial charge >= 0.3 is 5.97 Å². The van der Waals surface area contributed by atoms with Gasteiger partial charge in [-0.15, -0.1) is 0 Å². The van der Waals surface area contributed by atoms with Crippen LogP contribution in [0.25, 0.3) is 0 Å². The number of methoxy groups -OCH3 is 1. The summed E-state index contributed by atoms with van der Waals surface area (Å²) in [6, 6.07) is 12.8. The molecule has 2 rings (SSSR count). The van der Waals surface area contributed by atoms with Gasteiger partial charge in [0.1, 0.15) is 17.4 Å². The average molecular weight is 351 g/mol. The molecule has 0 aliphatic rings. The summed E-state index contributed by atoms with van der Waals surface area (Å²) in [7, 11) is 1.28. The van der Waals surface area contributed by atoms with Gasteiger partial charge in [0.2, 0.25) is 0 Å². The van der Waals surface area contributed by atoms with Gasteiger partial charge in [-0.2, -0.15) is 5.26 Å². The third kappa shape index (κ3) is 4.61. The molecule has 2 aromatic rings. The number of phenols is 1. The van der Waals surface area contributed by atoms with Crippen molar-refractivity contribution in [3.05, 3.63) is 65.4 Å². The number of ether oxygens (including phenoxy) is 1. The van der Waals surface area contributed by atoms with Gasteiger partial charge in [-0.3, -0.25) is 4.79 Å². The van der Waals surface area contributed by atoms with Crippen molar-refractivity contribution in [2.24, 2.45) is 0 Å². The molecule has 0 spiro atoms. The highest BCUT2D eigenvalue weighted by Gasteiger charge is 2.11. The second-order valence-corrected chi connectivity index (χ2v) is 5.34. The van der Waals surface area contributed by atoms with E-state index in [1.807, 2.05) is 6.07 Å². The van der Waals surface area contributed by atoms with Crippen LogP contribution >= 0.6 is 0 Å². The van der Waals surface area contributed by atoms with Crippen LogP contribution in [0.2, 0.25) is 0 Å². The molecule has 3 N–H and O–H groups in total. The maximum Gasteiger partial charge on any atom is 0.337 e. The number of amides is 1. The largest absolute Gasteiger partial charge is 0.508 e. The van der Waals surface area contributed by atoms with E-state index in [0.717, 1.165) is 0 Å². The number of hydrogen-bond donors (Lipinski definition) is 3. The molecule has 0 aliphatic heterocycles. The number of carbonyl (C=O) groups is 2. The fraction of sp³-hybridized carbons (Fsp3) is 0.105. The van der Waals surface area contributed by atoms with Crippen LogP contribution in [0.15, 0.2) is 54.2 Å². The van der Waals surface area contributed by atoms with E-state index in [0.29, 0.717) is 22.5 Å². The Morgan fingerprint density at radius 1 is 1.23 bits per heavy atom. The minimum Gasteiger partial charge on any atom is -0.508 e. The zero-order valence-electron chi connectivity index (χ0n) is 14.2. The lowest BCUT2D eigenvalue weighted by molar-refractivity contribution is -0.112. The zero-order chi connectivity index (χ0) is 19.1. The van der Waals surface area contributed by atoms with Crippen LogP contribution in [0.3, 0.4) is 0 Å². The molecule has 0 aromatic heterocycles. The number of carbonyl (C=O) groups excluding carboxylic acids is 2. The second kappa shape index (κ2) is 8.35. The minimum atomic E-state index is -0.599. The smallest absolute Gasteiger partial charge is 0.337 e. The maximum atomic E-state index is 12.2. The van der Waals surface area contributed by atoms with Crippen molar-refractivity contribution >= 4 is 23.3 Å². The van der Waals surface area contributed by atoms with Crippen molar-refractivity contribution in [3.63, 3.8) is 0 Å². The highest BCUT2D eigenvalue weighted by atomic mass is 16.5. The fourth-order valence-electron chi connectivity index (χ4n) is 2.14. The first kappa shape index (κ1) is 18.5. The monoisotopic (exact) mass is 351 g/mol. The predicted octanol–water partition coefficient (Wildman–Crippen LogP) is 2.95. The number of aromatic hydroxyl groups is 1. The molecule has 2 aromatic carbocycles. The summed E-state index contributed by atoms with van der Waals surface area (Å²) in [5.41, 5.74) is 1.86. The molecule has 7 heteroatoms. The molecule has 0 atom stereocenters. The molecule has 0 bridgehead atoms. The molecule has 7 nitrogen and oxygen atoms in total. The van der Waals surface area contributed by atoms with Crippen molar-refractivity contribution < 1.29 is 19.4 Å². The standard InChI is InChI=1S/C19H17N3O4/c1-12-8-16(23)6-7-17(12)22-18(24)14(10-20)11-21-15-5-3-4-13(9-15)19(25)26-2/h3-9,11,21,23H,1-2H3,(H,22,24)/b14-11-. The van der Waals surface area contributed by atoms with E-state index in [4.69, 9.17) is 0 Å². The third-order valence-electron chi connectivity index (χ3n) is 3.49. The summed E-state index contributed by atoms with van der Waals surface area (Å²) < 4.78 is 4.65. The second-order valence-electron chi connectivity index (χ2n) is 5.34. The first-order valence-electron chi connectivity index (χ1n) is 7.60. The number of rotatable bonds is 5. The Morgan fingerprint density at radius 3 is 2.65 bits per heavy atom. The first-order chi connectivity index (χ1) is 12.4. The van der Waals surface area contributed by atoms with Gasteiger partial charge < -0.3 is 20.5 Å². The van der Waals surface area contributed by atoms with Crippen LogP contribution in [0, 0.1) is 18.3 Å². The first-order valence-corrected chi connectivity index (χ1v) is 7.60. The Balaban J connectivity index is 2.13. The van der Waals surface area contributed by atoms with Gasteiger partial charge in [-0.25, -0.2) is 4.79 Å². The van der Waals surface area contributed by atoms with Crippen molar-refractivity contribution in [1.29, 1.82) is 5.26 Å². The van der Waals surface area contributed by atoms with E-state index in [1.165, 1.54) is 25.4 Å². The van der Waals surface area contributed by atoms with Crippen molar-refractivity contribution in [3.8, 4) is 11.8 Å². The predicted molar refractivity (Wildman–Crippen MR) is 96.6 cm³/mol. The molecular weight excluding hydrogens is 334 g/mol. The molecule has 0 radical (unpaired) electrons. The van der Waals surface area contributed by atoms with Crippen molar-refractivity contribution in [2.45, 2.75) is 6.92 Å². The normalized spacial score (nSPS) is 10.6. The molecule has 1 amide bonds. The Morgan fingerprint density at radius 2 is 2.00 bits per heavy atom. The van der Waals surface area contributed by atoms with Gasteiger partial charge in [-0.05, 0) is 48.9 Å². The number of nitriles is 1. The summed E-state index contributed by atoms with van der Waals surface area (Å²) in [6.07, 6.45) is 1.25. The van der Waals surface area contributed by atoms with Crippen LogP contribution in [0.5, 0.6) is 5.75 Å². The molecule has 0 heterocycles. The van der Waals surface area contributed by atoms with E-state index in [1.54, 1.807) is 37.3 Å². The topological polar surface area (TPSA) is 111 Å². The van der Waals surface area contributed by atoms with Gasteiger partial charge in [0.25, 0.3) is 5.91 Å². The van der Waals surface area contributed by atoms with E-state index in [-0.39, 0.29) is 11.3 Å². The van der Waals surface area contributed by atoms with Crippen LogP contribution in [0.1, 0.15) is 15.9 Å². The van der Waals surface area contributed by atoms with E-state index in [9.17, 15) is 20.0 Å². The van der Waals surface area contributed by atoms with Crippen LogP contribution in [0.4, 0.5) is 11.4 Å². The molecule has 26 heavy (non-hydrogen) atoms. The number of benzene rings is 2. The van der Waals surface area contributed by atoms with Gasteiger partial charge in [0, 0.05) is 17.6 Å². The van der Waals surface area contributed by atoms with E-state index < -0.39 is 11.9 Å². The number of esters is 1. The summed E-state index contributed by atoms with van der Waals surface area (Å²) in [6.45, 7) is 1.72. The highest BCUT2D eigenvalue weighted by Crippen LogP contribution is 2.20. The molecule has 0 fully saturated rings. The molecule has 132 valence electrons. The zero-order valence-corrected chi connectivity index (χ0v) is 14.2. The van der Waals surface area contributed by atoms with Gasteiger partial charge in [0.05, 0.1) is 12.7 Å². The van der Waals surface area contributed by atoms with Crippen molar-refractivity contribution in [2.75, 3.05) is 17.7 Å². The molecule has 0 saturated carbocycles. The minimum absolute atomic E-state index is 0.0868.